The van der Waals surface area contributed by atoms with Crippen LogP contribution in [-0.4, -0.2) is 36.8 Å². The van der Waals surface area contributed by atoms with Gasteiger partial charge in [0.05, 0.1) is 0 Å². The minimum atomic E-state index is -3.67. The van der Waals surface area contributed by atoms with Crippen molar-refractivity contribution in [2.24, 2.45) is 5.16 Å². The Kier molecular flexibility index (Phi) is 5.90. The minimum absolute atomic E-state index is 0.0104. The van der Waals surface area contributed by atoms with Crippen molar-refractivity contribution in [3.63, 3.8) is 0 Å². The molecule has 1 N–H and O–H groups in total. The van der Waals surface area contributed by atoms with Crippen LogP contribution in [0.5, 0.6) is 0 Å². The highest BCUT2D eigenvalue weighted by Gasteiger charge is 2.44. The van der Waals surface area contributed by atoms with Gasteiger partial charge in [-0.3, -0.25) is 4.79 Å². The fraction of sp³-hybridized carbons (Fsp3) is 0.429. The highest BCUT2D eigenvalue weighted by atomic mass is 32.2. The molecule has 0 saturated carbocycles. The highest BCUT2D eigenvalue weighted by molar-refractivity contribution is 7.92. The Labute approximate surface area is 124 Å². The molecule has 0 spiro atoms. The van der Waals surface area contributed by atoms with E-state index in [1.54, 1.807) is 24.3 Å². The van der Waals surface area contributed by atoms with Gasteiger partial charge in [-0.25, -0.2) is 8.42 Å². The molecule has 0 bridgehead atoms. The molecule has 6 nitrogen and oxygen atoms in total. The molecule has 7 heteroatoms. The van der Waals surface area contributed by atoms with Gasteiger partial charge in [0, 0.05) is 12.5 Å². The molecule has 0 fully saturated rings. The molecule has 21 heavy (non-hydrogen) atoms. The van der Waals surface area contributed by atoms with Gasteiger partial charge in [0.15, 0.2) is 14.6 Å². The Morgan fingerprint density at radius 1 is 1.38 bits per heavy atom. The van der Waals surface area contributed by atoms with Crippen LogP contribution in [-0.2, 0) is 26.0 Å². The van der Waals surface area contributed by atoms with Gasteiger partial charge in [0.1, 0.15) is 6.61 Å². The summed E-state index contributed by atoms with van der Waals surface area (Å²) in [6, 6.07) is 9.00. The van der Waals surface area contributed by atoms with Crippen molar-refractivity contribution in [3.8, 4) is 0 Å². The Balaban J connectivity index is 2.81. The van der Waals surface area contributed by atoms with Gasteiger partial charge < -0.3 is 9.94 Å². The molecule has 1 aromatic rings. The molecule has 1 rings (SSSR count). The number of ether oxygens (including phenoxy) is 1. The molecule has 0 amide bonds. The van der Waals surface area contributed by atoms with Crippen LogP contribution in [0.3, 0.4) is 0 Å². The summed E-state index contributed by atoms with van der Waals surface area (Å²) in [6.45, 7) is 1.33. The van der Waals surface area contributed by atoms with Crippen LogP contribution in [0.1, 0.15) is 25.3 Å². The van der Waals surface area contributed by atoms with Gasteiger partial charge in [-0.05, 0) is 25.3 Å². The summed E-state index contributed by atoms with van der Waals surface area (Å²) in [4.78, 5) is 12.2. The van der Waals surface area contributed by atoms with E-state index in [0.717, 1.165) is 18.0 Å². The molecule has 0 aliphatic rings. The summed E-state index contributed by atoms with van der Waals surface area (Å²) in [5.41, 5.74) is 0.777. The van der Waals surface area contributed by atoms with Crippen LogP contribution in [0.2, 0.25) is 0 Å². The van der Waals surface area contributed by atoms with Gasteiger partial charge in [-0.2, -0.15) is 0 Å². The molecule has 0 aliphatic carbocycles. The molecule has 1 atom stereocenters. The molecule has 0 radical (unpaired) electrons. The molecule has 0 aromatic heterocycles. The second-order valence-electron chi connectivity index (χ2n) is 4.90. The van der Waals surface area contributed by atoms with E-state index in [2.05, 4.69) is 5.16 Å². The summed E-state index contributed by atoms with van der Waals surface area (Å²) in [6.07, 6.45) is 2.28. The van der Waals surface area contributed by atoms with E-state index < -0.39 is 20.6 Å². The fourth-order valence-electron chi connectivity index (χ4n) is 1.71. The average molecular weight is 313 g/mol. The number of oxime groups is 1. The number of esters is 1. The number of rotatable bonds is 7. The van der Waals surface area contributed by atoms with Gasteiger partial charge in [0.25, 0.3) is 0 Å². The molecular formula is C14H19NO5S. The van der Waals surface area contributed by atoms with E-state index in [1.165, 1.54) is 6.92 Å². The lowest BCUT2D eigenvalue weighted by molar-refractivity contribution is -0.147. The molecule has 0 aliphatic heterocycles. The lowest BCUT2D eigenvalue weighted by Gasteiger charge is -2.24. The quantitative estimate of drug-likeness (QED) is 0.358. The summed E-state index contributed by atoms with van der Waals surface area (Å²) < 4.78 is 27.2. The molecule has 0 heterocycles. The Morgan fingerprint density at radius 3 is 2.52 bits per heavy atom. The predicted molar refractivity (Wildman–Crippen MR) is 79.0 cm³/mol. The number of hydrogen-bond donors (Lipinski definition) is 1. The lowest BCUT2D eigenvalue weighted by atomic mass is 10.1. The van der Waals surface area contributed by atoms with E-state index in [0.29, 0.717) is 0 Å². The molecule has 1 aromatic carbocycles. The van der Waals surface area contributed by atoms with Gasteiger partial charge in [0.2, 0.25) is 0 Å². The number of hydrogen-bond acceptors (Lipinski definition) is 6. The van der Waals surface area contributed by atoms with Gasteiger partial charge >= 0.3 is 5.97 Å². The molecule has 0 saturated heterocycles. The Hall–Kier alpha value is -1.89. The predicted octanol–water partition coefficient (Wildman–Crippen LogP) is 1.77. The molecule has 116 valence electrons. The standard InChI is InChI=1S/C14H19NO5S/c1-14(21(2,18)19,9-6-10-15-17)13(16)20-11-12-7-4-3-5-8-12/h3-5,7-8,10,17H,6,9,11H2,1-2H3/b15-10+/t14-/m1/s1. The number of sulfone groups is 1. The van der Waals surface area contributed by atoms with Crippen molar-refractivity contribution in [2.45, 2.75) is 31.1 Å². The number of carbonyl (C=O) groups is 1. The van der Waals surface area contributed by atoms with Crippen molar-refractivity contribution >= 4 is 22.0 Å². The van der Waals surface area contributed by atoms with E-state index >= 15 is 0 Å². The maximum absolute atomic E-state index is 12.2. The van der Waals surface area contributed by atoms with Crippen molar-refractivity contribution < 1.29 is 23.2 Å². The van der Waals surface area contributed by atoms with Crippen LogP contribution in [0.15, 0.2) is 35.5 Å². The van der Waals surface area contributed by atoms with Crippen molar-refractivity contribution in [1.82, 2.24) is 0 Å². The van der Waals surface area contributed by atoms with Crippen LogP contribution in [0, 0.1) is 0 Å². The van der Waals surface area contributed by atoms with Gasteiger partial charge in [-0.1, -0.05) is 30.3 Å². The van der Waals surface area contributed by atoms with E-state index in [1.807, 2.05) is 6.07 Å². The zero-order valence-corrected chi connectivity index (χ0v) is 12.8. The fourth-order valence-corrected chi connectivity index (χ4v) is 2.56. The summed E-state index contributed by atoms with van der Waals surface area (Å²) >= 11 is 0. The average Bonchev–Trinajstić information content (AvgIpc) is 2.44. The second-order valence-corrected chi connectivity index (χ2v) is 7.35. The zero-order valence-electron chi connectivity index (χ0n) is 12.0. The third kappa shape index (κ3) is 4.56. The third-order valence-electron chi connectivity index (χ3n) is 3.30. The van der Waals surface area contributed by atoms with E-state index in [4.69, 9.17) is 9.94 Å². The van der Waals surface area contributed by atoms with Crippen molar-refractivity contribution in [1.29, 1.82) is 0 Å². The summed E-state index contributed by atoms with van der Waals surface area (Å²) in [5.74, 6) is -0.805. The first-order chi connectivity index (χ1) is 9.81. The first-order valence-electron chi connectivity index (χ1n) is 6.38. The van der Waals surface area contributed by atoms with E-state index in [9.17, 15) is 13.2 Å². The van der Waals surface area contributed by atoms with Crippen LogP contribution in [0.4, 0.5) is 0 Å². The second kappa shape index (κ2) is 7.21. The minimum Gasteiger partial charge on any atom is -0.460 e. The van der Waals surface area contributed by atoms with E-state index in [-0.39, 0.29) is 19.4 Å². The van der Waals surface area contributed by atoms with Crippen LogP contribution >= 0.6 is 0 Å². The normalized spacial score (nSPS) is 14.8. The maximum Gasteiger partial charge on any atom is 0.327 e. The molecular weight excluding hydrogens is 294 g/mol. The topological polar surface area (TPSA) is 93.0 Å². The SMILES string of the molecule is C[C@@](CC/C=N/O)(C(=O)OCc1ccccc1)S(C)(=O)=O. The van der Waals surface area contributed by atoms with Crippen LogP contribution in [0.25, 0.3) is 0 Å². The third-order valence-corrected chi connectivity index (χ3v) is 5.30. The van der Waals surface area contributed by atoms with Gasteiger partial charge in [-0.15, -0.1) is 5.16 Å². The number of benzene rings is 1. The zero-order chi connectivity index (χ0) is 15.9. The molecule has 0 unspecified atom stereocenters. The number of nitrogens with zero attached hydrogens (tertiary/aromatic N) is 1. The Morgan fingerprint density at radius 2 is 2.00 bits per heavy atom. The van der Waals surface area contributed by atoms with Crippen molar-refractivity contribution in [2.75, 3.05) is 6.26 Å². The summed E-state index contributed by atoms with van der Waals surface area (Å²) in [5, 5.41) is 11.2. The summed E-state index contributed by atoms with van der Waals surface area (Å²) in [7, 11) is -3.67. The lowest BCUT2D eigenvalue weighted by Crippen LogP contribution is -2.44. The largest absolute Gasteiger partial charge is 0.460 e. The first kappa shape index (κ1) is 17.2. The van der Waals surface area contributed by atoms with Crippen LogP contribution < -0.4 is 0 Å². The highest BCUT2D eigenvalue weighted by Crippen LogP contribution is 2.24. The first-order valence-corrected chi connectivity index (χ1v) is 8.27. The Bertz CT molecular complexity index is 597. The number of carbonyl (C=O) groups excluding carboxylic acids is 1. The monoisotopic (exact) mass is 313 g/mol. The smallest absolute Gasteiger partial charge is 0.327 e. The van der Waals surface area contributed by atoms with Crippen molar-refractivity contribution in [3.05, 3.63) is 35.9 Å². The maximum atomic E-state index is 12.2.